The van der Waals surface area contributed by atoms with E-state index in [2.05, 4.69) is 19.1 Å². The summed E-state index contributed by atoms with van der Waals surface area (Å²) in [5.74, 6) is 0. The smallest absolute Gasteiger partial charge is 0.0348 e. The zero-order valence-corrected chi connectivity index (χ0v) is 10.4. The van der Waals surface area contributed by atoms with E-state index in [0.29, 0.717) is 0 Å². The van der Waals surface area contributed by atoms with Crippen LogP contribution in [0.2, 0.25) is 0 Å². The Morgan fingerprint density at radius 3 is 1.67 bits per heavy atom. The zero-order valence-electron chi connectivity index (χ0n) is 10.4. The molecule has 0 heterocycles. The summed E-state index contributed by atoms with van der Waals surface area (Å²) in [5.41, 5.74) is 0. The molecule has 0 aromatic heterocycles. The van der Waals surface area contributed by atoms with Crippen LogP contribution in [0.15, 0.2) is 18.2 Å². The van der Waals surface area contributed by atoms with Crippen LogP contribution in [0.3, 0.4) is 0 Å². The fourth-order valence-corrected chi connectivity index (χ4v) is 1.75. The van der Waals surface area contributed by atoms with Gasteiger partial charge in [0.1, 0.15) is 0 Å². The van der Waals surface area contributed by atoms with Gasteiger partial charge in [0.15, 0.2) is 0 Å². The Morgan fingerprint density at radius 1 is 0.733 bits per heavy atom. The average Bonchev–Trinajstić information content (AvgIpc) is 2.26. The number of unbranched alkanes of at least 4 members (excludes halogenated alkanes) is 9. The van der Waals surface area contributed by atoms with Crippen molar-refractivity contribution in [2.75, 3.05) is 0 Å². The molecule has 0 unspecified atom stereocenters. The molecule has 0 atom stereocenters. The largest absolute Gasteiger partial charge is 0.0917 e. The van der Waals surface area contributed by atoms with E-state index >= 15 is 0 Å². The van der Waals surface area contributed by atoms with Crippen molar-refractivity contribution in [3.63, 3.8) is 0 Å². The topological polar surface area (TPSA) is 0 Å². The molecule has 0 N–H and O–H groups in total. The zero-order chi connectivity index (χ0) is 11.2. The first-order valence-electron chi connectivity index (χ1n) is 6.56. The van der Waals surface area contributed by atoms with Crippen LogP contribution in [0.25, 0.3) is 0 Å². The summed E-state index contributed by atoms with van der Waals surface area (Å²) in [7, 11) is 0. The predicted octanol–water partition coefficient (Wildman–Crippen LogP) is 5.45. The Balaban J connectivity index is 2.89. The highest BCUT2D eigenvalue weighted by Gasteiger charge is 1.91. The van der Waals surface area contributed by atoms with Crippen molar-refractivity contribution >= 4 is 0 Å². The molecule has 0 spiro atoms. The molecule has 0 amide bonds. The van der Waals surface area contributed by atoms with Gasteiger partial charge < -0.3 is 0 Å². The first kappa shape index (κ1) is 14.5. The van der Waals surface area contributed by atoms with E-state index in [0.717, 1.165) is 6.42 Å². The quantitative estimate of drug-likeness (QED) is 0.312. The third kappa shape index (κ3) is 13.5. The first-order valence-corrected chi connectivity index (χ1v) is 6.56. The fraction of sp³-hybridized carbons (Fsp3) is 0.733. The molecular formula is C15H27. The minimum atomic E-state index is 1.09. The van der Waals surface area contributed by atoms with Crippen molar-refractivity contribution in [1.82, 2.24) is 0 Å². The molecule has 15 heavy (non-hydrogen) atoms. The highest BCUT2D eigenvalue weighted by atomic mass is 14.0. The van der Waals surface area contributed by atoms with Gasteiger partial charge in [0.25, 0.3) is 0 Å². The Bertz CT molecular complexity index is 144. The van der Waals surface area contributed by atoms with E-state index in [-0.39, 0.29) is 0 Å². The van der Waals surface area contributed by atoms with Gasteiger partial charge in [0.2, 0.25) is 0 Å². The van der Waals surface area contributed by atoms with E-state index < -0.39 is 0 Å². The van der Waals surface area contributed by atoms with Crippen molar-refractivity contribution in [1.29, 1.82) is 0 Å². The molecule has 0 aliphatic heterocycles. The summed E-state index contributed by atoms with van der Waals surface area (Å²) < 4.78 is 0. The van der Waals surface area contributed by atoms with Crippen molar-refractivity contribution < 1.29 is 0 Å². The van der Waals surface area contributed by atoms with E-state index in [4.69, 9.17) is 6.58 Å². The summed E-state index contributed by atoms with van der Waals surface area (Å²) in [6, 6.07) is 0. The standard InChI is InChI=1S/C15H27/c1-3-5-7-9-11-13-15-14-12-10-8-6-4-2/h1,3-4,6H,5,7-15H2,2H3. The van der Waals surface area contributed by atoms with Crippen LogP contribution in [0, 0.1) is 6.58 Å². The lowest BCUT2D eigenvalue weighted by molar-refractivity contribution is 0.571. The van der Waals surface area contributed by atoms with Crippen LogP contribution in [0.1, 0.15) is 71.1 Å². The van der Waals surface area contributed by atoms with E-state index in [1.165, 1.54) is 57.8 Å². The van der Waals surface area contributed by atoms with Crippen LogP contribution in [-0.4, -0.2) is 0 Å². The minimum absolute atomic E-state index is 1.09. The third-order valence-corrected chi connectivity index (χ3v) is 2.73. The van der Waals surface area contributed by atoms with E-state index in [1.807, 2.05) is 0 Å². The molecule has 0 saturated heterocycles. The summed E-state index contributed by atoms with van der Waals surface area (Å²) in [4.78, 5) is 0. The summed E-state index contributed by atoms with van der Waals surface area (Å²) >= 11 is 0. The maximum atomic E-state index is 5.32. The van der Waals surface area contributed by atoms with E-state index in [9.17, 15) is 0 Å². The Morgan fingerprint density at radius 2 is 1.20 bits per heavy atom. The van der Waals surface area contributed by atoms with Crippen LogP contribution in [0.5, 0.6) is 0 Å². The molecule has 0 aromatic rings. The lowest BCUT2D eigenvalue weighted by atomic mass is 10.1. The van der Waals surface area contributed by atoms with E-state index in [1.54, 1.807) is 6.08 Å². The van der Waals surface area contributed by atoms with Crippen molar-refractivity contribution in [3.05, 3.63) is 24.8 Å². The molecule has 0 saturated carbocycles. The van der Waals surface area contributed by atoms with Gasteiger partial charge in [-0.1, -0.05) is 63.3 Å². The van der Waals surface area contributed by atoms with Crippen molar-refractivity contribution in [2.45, 2.75) is 71.1 Å². The Hall–Kier alpha value is -0.520. The second-order valence-electron chi connectivity index (χ2n) is 4.21. The van der Waals surface area contributed by atoms with Gasteiger partial charge in [-0.15, -0.1) is 0 Å². The molecule has 0 aliphatic rings. The maximum absolute atomic E-state index is 5.32. The molecule has 87 valence electrons. The number of hydrogen-bond donors (Lipinski definition) is 0. The van der Waals surface area contributed by atoms with Crippen molar-refractivity contribution in [3.8, 4) is 0 Å². The van der Waals surface area contributed by atoms with Gasteiger partial charge in [-0.2, -0.15) is 0 Å². The van der Waals surface area contributed by atoms with Gasteiger partial charge in [0.05, 0.1) is 0 Å². The van der Waals surface area contributed by atoms with Crippen LogP contribution in [0.4, 0.5) is 0 Å². The first-order chi connectivity index (χ1) is 7.41. The number of hydrogen-bond acceptors (Lipinski definition) is 0. The Labute approximate surface area is 96.5 Å². The van der Waals surface area contributed by atoms with Gasteiger partial charge in [-0.05, 0) is 32.6 Å². The highest BCUT2D eigenvalue weighted by molar-refractivity contribution is 4.76. The second kappa shape index (κ2) is 13.5. The lowest BCUT2D eigenvalue weighted by Gasteiger charge is -2.00. The normalized spacial score (nSPS) is 11.0. The Kier molecular flexibility index (Phi) is 13.0. The molecular weight excluding hydrogens is 180 g/mol. The maximum Gasteiger partial charge on any atom is -0.0348 e. The monoisotopic (exact) mass is 207 g/mol. The van der Waals surface area contributed by atoms with Crippen LogP contribution < -0.4 is 0 Å². The van der Waals surface area contributed by atoms with Gasteiger partial charge in [0, 0.05) is 0 Å². The minimum Gasteiger partial charge on any atom is -0.0917 e. The second-order valence-corrected chi connectivity index (χ2v) is 4.21. The fourth-order valence-electron chi connectivity index (χ4n) is 1.75. The molecule has 0 rings (SSSR count). The number of allylic oxidation sites excluding steroid dienone is 3. The highest BCUT2D eigenvalue weighted by Crippen LogP contribution is 2.10. The van der Waals surface area contributed by atoms with Crippen molar-refractivity contribution in [2.24, 2.45) is 0 Å². The van der Waals surface area contributed by atoms with Gasteiger partial charge in [-0.3, -0.25) is 0 Å². The third-order valence-electron chi connectivity index (χ3n) is 2.73. The van der Waals surface area contributed by atoms with Gasteiger partial charge >= 0.3 is 0 Å². The summed E-state index contributed by atoms with van der Waals surface area (Å²) in [5, 5.41) is 0. The summed E-state index contributed by atoms with van der Waals surface area (Å²) in [6.07, 6.45) is 19.6. The summed E-state index contributed by atoms with van der Waals surface area (Å²) in [6.45, 7) is 7.41. The molecule has 0 fully saturated rings. The molecule has 1 radical (unpaired) electrons. The van der Waals surface area contributed by atoms with Crippen LogP contribution in [-0.2, 0) is 0 Å². The van der Waals surface area contributed by atoms with Gasteiger partial charge in [-0.25, -0.2) is 0 Å². The molecule has 0 heteroatoms. The average molecular weight is 207 g/mol. The van der Waals surface area contributed by atoms with Crippen LogP contribution >= 0.6 is 0 Å². The number of rotatable bonds is 11. The lowest BCUT2D eigenvalue weighted by Crippen LogP contribution is -1.80. The molecule has 0 bridgehead atoms. The predicted molar refractivity (Wildman–Crippen MR) is 69.9 cm³/mol. The SMILES string of the molecule is [CH]=CCCCCCCCCCCC=CC. The molecule has 0 aliphatic carbocycles. The molecule has 0 nitrogen and oxygen atoms in total. The molecule has 0 aromatic carbocycles.